The van der Waals surface area contributed by atoms with Gasteiger partial charge < -0.3 is 15.2 Å². The van der Waals surface area contributed by atoms with Crippen LogP contribution in [0.4, 0.5) is 15.8 Å². The van der Waals surface area contributed by atoms with Crippen LogP contribution in [0.2, 0.25) is 0 Å². The first kappa shape index (κ1) is 31.6. The summed E-state index contributed by atoms with van der Waals surface area (Å²) in [6, 6.07) is 13.9. The quantitative estimate of drug-likeness (QED) is 0.166. The Morgan fingerprint density at radius 1 is 0.851 bits per heavy atom. The summed E-state index contributed by atoms with van der Waals surface area (Å²) in [6.07, 6.45) is 1.69. The number of carbonyl (C=O) groups excluding carboxylic acids is 4. The molecule has 3 aromatic carbocycles. The lowest BCUT2D eigenvalue weighted by atomic mass is 9.56. The van der Waals surface area contributed by atoms with E-state index < -0.39 is 70.0 Å². The molecule has 3 fully saturated rings. The van der Waals surface area contributed by atoms with Crippen molar-refractivity contribution in [1.29, 1.82) is 0 Å². The fourth-order valence-electron chi connectivity index (χ4n) is 8.01. The molecule has 2 saturated heterocycles. The standard InChI is InChI=1S/C34H28BCl2FN2O7/c1-16-12-18(13-17(2)28(16)41)27-23-10-11-24-26(30(43)39(29(24)42)22-5-3-4-19(14-22)35(46)47)25(23)15-33(36)31(44)40(32(45)34(27,33)37)21-8-6-20(38)7-9-21/h3-10,12-14,24-27,41,46-47H,11,15H2,1-2H3. The summed E-state index contributed by atoms with van der Waals surface area (Å²) in [4.78, 5) is 54.6. The largest absolute Gasteiger partial charge is 0.507 e. The molecular formula is C34H28BCl2FN2O7. The van der Waals surface area contributed by atoms with Crippen molar-refractivity contribution in [1.82, 2.24) is 0 Å². The second kappa shape index (κ2) is 10.7. The number of rotatable bonds is 4. The molecule has 0 radical (unpaired) electrons. The Morgan fingerprint density at radius 2 is 1.51 bits per heavy atom. The van der Waals surface area contributed by atoms with Crippen molar-refractivity contribution in [2.24, 2.45) is 17.8 Å². The Morgan fingerprint density at radius 3 is 2.15 bits per heavy atom. The molecule has 47 heavy (non-hydrogen) atoms. The van der Waals surface area contributed by atoms with E-state index in [2.05, 4.69) is 0 Å². The molecule has 0 spiro atoms. The number of phenolic OH excluding ortho intramolecular Hbond substituents is 1. The van der Waals surface area contributed by atoms with Crippen LogP contribution in [0.1, 0.15) is 35.4 Å². The maximum Gasteiger partial charge on any atom is 0.488 e. The molecule has 3 N–H and O–H groups in total. The molecule has 0 bridgehead atoms. The van der Waals surface area contributed by atoms with E-state index in [1.807, 2.05) is 0 Å². The van der Waals surface area contributed by atoms with E-state index in [1.54, 1.807) is 32.1 Å². The third-order valence-electron chi connectivity index (χ3n) is 10.2. The lowest BCUT2D eigenvalue weighted by Gasteiger charge is -2.50. The van der Waals surface area contributed by atoms with Crippen LogP contribution in [0.15, 0.2) is 72.3 Å². The number of amides is 4. The first-order valence-corrected chi connectivity index (χ1v) is 15.8. The number of hydrogen-bond acceptors (Lipinski definition) is 7. The fourth-order valence-corrected chi connectivity index (χ4v) is 8.94. The van der Waals surface area contributed by atoms with E-state index in [4.69, 9.17) is 23.2 Å². The van der Waals surface area contributed by atoms with Crippen molar-refractivity contribution >= 4 is 70.8 Å². The zero-order valence-electron chi connectivity index (χ0n) is 25.2. The average molecular weight is 677 g/mol. The van der Waals surface area contributed by atoms with Crippen molar-refractivity contribution in [2.45, 2.75) is 42.4 Å². The van der Waals surface area contributed by atoms with Crippen LogP contribution in [0.5, 0.6) is 5.75 Å². The molecular weight excluding hydrogens is 649 g/mol. The molecule has 2 aliphatic heterocycles. The number of aryl methyl sites for hydroxylation is 2. The van der Waals surface area contributed by atoms with Gasteiger partial charge in [0.25, 0.3) is 11.8 Å². The van der Waals surface area contributed by atoms with E-state index in [-0.39, 0.29) is 35.4 Å². The SMILES string of the molecule is Cc1cc(C2C3=CCC4C(=O)N(c5cccc(B(O)O)c5)C(=O)C4C3CC3(Cl)C(=O)N(c4ccc(F)cc4)C(=O)C23Cl)cc(C)c1O. The molecule has 6 unspecified atom stereocenters. The first-order chi connectivity index (χ1) is 22.2. The van der Waals surface area contributed by atoms with Gasteiger partial charge in [-0.2, -0.15) is 0 Å². The molecule has 13 heteroatoms. The van der Waals surface area contributed by atoms with Crippen molar-refractivity contribution < 1.29 is 38.7 Å². The number of halogens is 3. The Labute approximate surface area is 279 Å². The number of aromatic hydroxyl groups is 1. The van der Waals surface area contributed by atoms with E-state index in [1.165, 1.54) is 36.4 Å². The highest BCUT2D eigenvalue weighted by atomic mass is 35.5. The van der Waals surface area contributed by atoms with E-state index in [9.17, 15) is 38.7 Å². The third-order valence-corrected chi connectivity index (χ3v) is 11.6. The Hall–Kier alpha value is -4.03. The van der Waals surface area contributed by atoms with Gasteiger partial charge in [-0.25, -0.2) is 9.29 Å². The molecule has 3 aromatic rings. The summed E-state index contributed by atoms with van der Waals surface area (Å²) in [7, 11) is -1.82. The molecule has 240 valence electrons. The van der Waals surface area contributed by atoms with Crippen LogP contribution in [-0.2, 0) is 19.2 Å². The maximum atomic E-state index is 14.5. The van der Waals surface area contributed by atoms with Gasteiger partial charge in [0.05, 0.1) is 23.2 Å². The van der Waals surface area contributed by atoms with Gasteiger partial charge in [0, 0.05) is 5.92 Å². The second-order valence-electron chi connectivity index (χ2n) is 12.7. The average Bonchev–Trinajstić information content (AvgIpc) is 3.37. The van der Waals surface area contributed by atoms with Crippen LogP contribution in [0, 0.1) is 37.4 Å². The normalized spacial score (nSPS) is 29.9. The van der Waals surface area contributed by atoms with Crippen LogP contribution >= 0.6 is 23.2 Å². The highest BCUT2D eigenvalue weighted by molar-refractivity contribution is 6.59. The van der Waals surface area contributed by atoms with Crippen molar-refractivity contribution in [3.63, 3.8) is 0 Å². The fraction of sp³-hybridized carbons (Fsp3) is 0.294. The number of imide groups is 2. The molecule has 6 atom stereocenters. The number of allylic oxidation sites excluding steroid dienone is 2. The number of carbonyl (C=O) groups is 4. The van der Waals surface area contributed by atoms with Gasteiger partial charge in [0.15, 0.2) is 9.75 Å². The van der Waals surface area contributed by atoms with Gasteiger partial charge >= 0.3 is 7.12 Å². The van der Waals surface area contributed by atoms with Crippen molar-refractivity contribution in [3.8, 4) is 5.75 Å². The number of anilines is 2. The minimum atomic E-state index is -2.10. The molecule has 4 aliphatic rings. The van der Waals surface area contributed by atoms with Crippen molar-refractivity contribution in [2.75, 3.05) is 9.80 Å². The number of alkyl halides is 2. The Bertz CT molecular complexity index is 1910. The van der Waals surface area contributed by atoms with Crippen molar-refractivity contribution in [3.05, 3.63) is 94.8 Å². The lowest BCUT2D eigenvalue weighted by Crippen LogP contribution is -2.60. The molecule has 7 rings (SSSR count). The van der Waals surface area contributed by atoms with Gasteiger partial charge in [0.1, 0.15) is 11.6 Å². The molecule has 0 aromatic heterocycles. The van der Waals surface area contributed by atoms with Crippen LogP contribution in [0.3, 0.4) is 0 Å². The Kier molecular flexibility index (Phi) is 7.22. The van der Waals surface area contributed by atoms with Gasteiger partial charge in [-0.1, -0.05) is 35.9 Å². The van der Waals surface area contributed by atoms with Gasteiger partial charge in [-0.3, -0.25) is 24.1 Å². The smallest absolute Gasteiger partial charge is 0.488 e. The number of hydrogen-bond donors (Lipinski definition) is 3. The topological polar surface area (TPSA) is 135 Å². The molecule has 9 nitrogen and oxygen atoms in total. The van der Waals surface area contributed by atoms with E-state index in [0.29, 0.717) is 22.3 Å². The van der Waals surface area contributed by atoms with Gasteiger partial charge in [-0.05, 0) is 91.2 Å². The minimum absolute atomic E-state index is 0.0451. The van der Waals surface area contributed by atoms with Crippen LogP contribution < -0.4 is 15.3 Å². The highest BCUT2D eigenvalue weighted by Crippen LogP contribution is 2.66. The summed E-state index contributed by atoms with van der Waals surface area (Å²) in [5.41, 5.74) is 2.39. The highest BCUT2D eigenvalue weighted by Gasteiger charge is 2.76. The monoisotopic (exact) mass is 676 g/mol. The molecule has 2 aliphatic carbocycles. The van der Waals surface area contributed by atoms with E-state index >= 15 is 0 Å². The summed E-state index contributed by atoms with van der Waals surface area (Å²) in [5, 5.41) is 30.0. The van der Waals surface area contributed by atoms with Gasteiger partial charge in [0.2, 0.25) is 11.8 Å². The minimum Gasteiger partial charge on any atom is -0.507 e. The molecule has 1 saturated carbocycles. The maximum absolute atomic E-state index is 14.5. The lowest BCUT2D eigenvalue weighted by molar-refractivity contribution is -0.125. The first-order valence-electron chi connectivity index (χ1n) is 15.1. The molecule has 2 heterocycles. The Balaban J connectivity index is 1.40. The second-order valence-corrected chi connectivity index (χ2v) is 14.0. The predicted octanol–water partition coefficient (Wildman–Crippen LogP) is 3.60. The molecule has 4 amide bonds. The van der Waals surface area contributed by atoms with Crippen LogP contribution in [0.25, 0.3) is 0 Å². The predicted molar refractivity (Wildman–Crippen MR) is 173 cm³/mol. The van der Waals surface area contributed by atoms with Gasteiger partial charge in [-0.15, -0.1) is 23.2 Å². The summed E-state index contributed by atoms with van der Waals surface area (Å²) < 4.78 is 13.9. The summed E-state index contributed by atoms with van der Waals surface area (Å²) >= 11 is 14.8. The zero-order chi connectivity index (χ0) is 33.7. The number of phenols is 1. The number of benzene rings is 3. The third kappa shape index (κ3) is 4.29. The number of fused-ring (bicyclic) bond motifs is 4. The summed E-state index contributed by atoms with van der Waals surface area (Å²) in [6.45, 7) is 3.38. The number of nitrogens with zero attached hydrogens (tertiary/aromatic N) is 2. The van der Waals surface area contributed by atoms with E-state index in [0.717, 1.165) is 21.9 Å². The summed E-state index contributed by atoms with van der Waals surface area (Å²) in [5.74, 6) is -6.83. The zero-order valence-corrected chi connectivity index (χ0v) is 26.7. The van der Waals surface area contributed by atoms with Crippen LogP contribution in [-0.4, -0.2) is 55.7 Å².